The fourth-order valence-electron chi connectivity index (χ4n) is 2.78. The minimum atomic E-state index is 0.379. The molecule has 1 saturated carbocycles. The maximum Gasteiger partial charge on any atom is 0.254 e. The molecule has 1 aliphatic carbocycles. The molecular weight excluding hydrogens is 258 g/mol. The second kappa shape index (κ2) is 5.00. The molecule has 0 atom stereocenters. The number of rotatable bonds is 4. The van der Waals surface area contributed by atoms with E-state index in [2.05, 4.69) is 26.6 Å². The van der Waals surface area contributed by atoms with E-state index in [1.165, 1.54) is 25.7 Å². The molecule has 6 heteroatoms. The molecule has 1 aliphatic rings. The van der Waals surface area contributed by atoms with Gasteiger partial charge in [-0.1, -0.05) is 12.8 Å². The van der Waals surface area contributed by atoms with Crippen molar-refractivity contribution in [1.82, 2.24) is 19.6 Å². The molecular formula is C13H19N5S. The molecule has 0 spiro atoms. The molecule has 0 aromatic carbocycles. The van der Waals surface area contributed by atoms with E-state index in [1.54, 1.807) is 10.8 Å². The van der Waals surface area contributed by atoms with Gasteiger partial charge in [-0.25, -0.2) is 4.98 Å². The van der Waals surface area contributed by atoms with Crippen LogP contribution in [0.1, 0.15) is 31.4 Å². The summed E-state index contributed by atoms with van der Waals surface area (Å²) >= 11 is 1.99. The van der Waals surface area contributed by atoms with Crippen LogP contribution in [0, 0.1) is 6.92 Å². The molecule has 0 unspecified atom stereocenters. The summed E-state index contributed by atoms with van der Waals surface area (Å²) in [6.07, 6.45) is 9.05. The van der Waals surface area contributed by atoms with Crippen LogP contribution in [-0.4, -0.2) is 37.1 Å². The van der Waals surface area contributed by atoms with Crippen molar-refractivity contribution in [3.05, 3.63) is 18.1 Å². The van der Waals surface area contributed by atoms with E-state index in [0.717, 1.165) is 18.1 Å². The quantitative estimate of drug-likeness (QED) is 0.930. The van der Waals surface area contributed by atoms with E-state index in [1.807, 2.05) is 24.8 Å². The lowest BCUT2D eigenvalue weighted by molar-refractivity contribution is 0.636. The first-order valence-corrected chi connectivity index (χ1v) is 7.91. The van der Waals surface area contributed by atoms with Gasteiger partial charge in [0.25, 0.3) is 5.78 Å². The van der Waals surface area contributed by atoms with Gasteiger partial charge in [-0.2, -0.15) is 26.4 Å². The lowest BCUT2D eigenvalue weighted by Gasteiger charge is -2.27. The van der Waals surface area contributed by atoms with E-state index in [4.69, 9.17) is 0 Å². The van der Waals surface area contributed by atoms with Crippen molar-refractivity contribution < 1.29 is 0 Å². The van der Waals surface area contributed by atoms with Crippen LogP contribution in [0.15, 0.2) is 12.4 Å². The van der Waals surface area contributed by atoms with Crippen molar-refractivity contribution in [2.75, 3.05) is 18.1 Å². The largest absolute Gasteiger partial charge is 0.368 e. The smallest absolute Gasteiger partial charge is 0.254 e. The van der Waals surface area contributed by atoms with Crippen molar-refractivity contribution in [3.63, 3.8) is 0 Å². The molecule has 1 fully saturated rings. The standard InChI is InChI=1S/C13H19N5S/c1-10-7-11(18-12(17-10)15-9-16-18)14-8-13(19-2)5-3-4-6-13/h7,9,14H,3-6,8H2,1-2H3. The fourth-order valence-corrected chi connectivity index (χ4v) is 3.69. The molecule has 1 N–H and O–H groups in total. The molecule has 2 aromatic rings. The lowest BCUT2D eigenvalue weighted by atomic mass is 10.1. The highest BCUT2D eigenvalue weighted by Gasteiger charge is 2.32. The Bertz CT molecular complexity index is 573. The van der Waals surface area contributed by atoms with Gasteiger partial charge in [0.2, 0.25) is 0 Å². The number of fused-ring (bicyclic) bond motifs is 1. The summed E-state index contributed by atoms with van der Waals surface area (Å²) in [6.45, 7) is 2.96. The van der Waals surface area contributed by atoms with Crippen LogP contribution in [0.3, 0.4) is 0 Å². The Kier molecular flexibility index (Phi) is 3.35. The minimum Gasteiger partial charge on any atom is -0.368 e. The van der Waals surface area contributed by atoms with Crippen LogP contribution in [-0.2, 0) is 0 Å². The molecule has 2 aromatic heterocycles. The van der Waals surface area contributed by atoms with Crippen molar-refractivity contribution in [1.29, 1.82) is 0 Å². The highest BCUT2D eigenvalue weighted by Crippen LogP contribution is 2.40. The van der Waals surface area contributed by atoms with Crippen LogP contribution >= 0.6 is 11.8 Å². The van der Waals surface area contributed by atoms with Crippen molar-refractivity contribution in [2.45, 2.75) is 37.4 Å². The topological polar surface area (TPSA) is 55.1 Å². The number of thioether (sulfide) groups is 1. The number of nitrogens with zero attached hydrogens (tertiary/aromatic N) is 4. The summed E-state index contributed by atoms with van der Waals surface area (Å²) in [6, 6.07) is 2.03. The van der Waals surface area contributed by atoms with Crippen molar-refractivity contribution in [2.24, 2.45) is 0 Å². The Hall–Kier alpha value is -1.30. The molecule has 0 amide bonds. The molecule has 0 bridgehead atoms. The molecule has 0 radical (unpaired) electrons. The van der Waals surface area contributed by atoms with Gasteiger partial charge >= 0.3 is 0 Å². The number of aromatic nitrogens is 4. The maximum absolute atomic E-state index is 4.36. The van der Waals surface area contributed by atoms with E-state index in [-0.39, 0.29) is 0 Å². The summed E-state index contributed by atoms with van der Waals surface area (Å²) < 4.78 is 2.15. The third-order valence-corrected chi connectivity index (χ3v) is 5.34. The van der Waals surface area contributed by atoms with Gasteiger partial charge < -0.3 is 5.32 Å². The molecule has 2 heterocycles. The van der Waals surface area contributed by atoms with E-state index < -0.39 is 0 Å². The number of nitrogens with one attached hydrogen (secondary N) is 1. The SMILES string of the molecule is CSC1(CNc2cc(C)nc3ncnn23)CCCC1. The summed E-state index contributed by atoms with van der Waals surface area (Å²) in [7, 11) is 0. The van der Waals surface area contributed by atoms with Gasteiger partial charge in [-0.05, 0) is 26.0 Å². The zero-order valence-electron chi connectivity index (χ0n) is 11.4. The van der Waals surface area contributed by atoms with Gasteiger partial charge in [0.1, 0.15) is 12.1 Å². The Labute approximate surface area is 117 Å². The second-order valence-electron chi connectivity index (χ2n) is 5.20. The summed E-state index contributed by atoms with van der Waals surface area (Å²) in [4.78, 5) is 8.51. The second-order valence-corrected chi connectivity index (χ2v) is 6.48. The average Bonchev–Trinajstić information content (AvgIpc) is 3.05. The minimum absolute atomic E-state index is 0.379. The average molecular weight is 277 g/mol. The molecule has 3 rings (SSSR count). The Morgan fingerprint density at radius 3 is 2.95 bits per heavy atom. The highest BCUT2D eigenvalue weighted by molar-refractivity contribution is 8.00. The number of aryl methyl sites for hydroxylation is 1. The molecule has 0 saturated heterocycles. The van der Waals surface area contributed by atoms with Gasteiger partial charge in [-0.15, -0.1) is 0 Å². The predicted octanol–water partition coefficient (Wildman–Crippen LogP) is 2.52. The Morgan fingerprint density at radius 1 is 1.42 bits per heavy atom. The van der Waals surface area contributed by atoms with Crippen molar-refractivity contribution in [3.8, 4) is 0 Å². The number of hydrogen-bond donors (Lipinski definition) is 1. The third-order valence-electron chi connectivity index (χ3n) is 3.92. The van der Waals surface area contributed by atoms with Crippen LogP contribution in [0.4, 0.5) is 5.82 Å². The normalized spacial score (nSPS) is 18.0. The van der Waals surface area contributed by atoms with Gasteiger partial charge in [0, 0.05) is 23.1 Å². The Morgan fingerprint density at radius 2 is 2.21 bits per heavy atom. The summed E-state index contributed by atoms with van der Waals surface area (Å²) in [5.41, 5.74) is 0.965. The lowest BCUT2D eigenvalue weighted by Crippen LogP contribution is -2.30. The van der Waals surface area contributed by atoms with Crippen LogP contribution in [0.5, 0.6) is 0 Å². The molecule has 5 nitrogen and oxygen atoms in total. The Balaban J connectivity index is 1.83. The van der Waals surface area contributed by atoms with Gasteiger partial charge in [0.05, 0.1) is 0 Å². The zero-order valence-corrected chi connectivity index (χ0v) is 12.2. The first-order chi connectivity index (χ1) is 9.22. The first-order valence-electron chi connectivity index (χ1n) is 6.69. The molecule has 19 heavy (non-hydrogen) atoms. The maximum atomic E-state index is 4.36. The zero-order chi connectivity index (χ0) is 13.3. The van der Waals surface area contributed by atoms with E-state index in [9.17, 15) is 0 Å². The van der Waals surface area contributed by atoms with Crippen molar-refractivity contribution >= 4 is 23.4 Å². The first kappa shape index (κ1) is 12.7. The third kappa shape index (κ3) is 2.41. The van der Waals surface area contributed by atoms with Crippen LogP contribution < -0.4 is 5.32 Å². The van der Waals surface area contributed by atoms with Crippen LogP contribution in [0.25, 0.3) is 5.78 Å². The van der Waals surface area contributed by atoms with Gasteiger partial charge in [-0.3, -0.25) is 0 Å². The number of hydrogen-bond acceptors (Lipinski definition) is 5. The van der Waals surface area contributed by atoms with E-state index >= 15 is 0 Å². The van der Waals surface area contributed by atoms with Crippen LogP contribution in [0.2, 0.25) is 0 Å². The predicted molar refractivity (Wildman–Crippen MR) is 78.7 cm³/mol. The number of anilines is 1. The van der Waals surface area contributed by atoms with E-state index in [0.29, 0.717) is 10.5 Å². The summed E-state index contributed by atoms with van der Waals surface area (Å²) in [5, 5.41) is 7.78. The summed E-state index contributed by atoms with van der Waals surface area (Å²) in [5.74, 6) is 1.65. The molecule has 0 aliphatic heterocycles. The molecule has 102 valence electrons. The monoisotopic (exact) mass is 277 g/mol. The fraction of sp³-hybridized carbons (Fsp3) is 0.615. The highest BCUT2D eigenvalue weighted by atomic mass is 32.2. The van der Waals surface area contributed by atoms with Gasteiger partial charge in [0.15, 0.2) is 0 Å².